The Morgan fingerprint density at radius 1 is 1.38 bits per heavy atom. The molecule has 0 aromatic carbocycles. The topological polar surface area (TPSA) is 74.3 Å². The Balaban J connectivity index is 2.28. The molecule has 2 aromatic heterocycles. The lowest BCUT2D eigenvalue weighted by molar-refractivity contribution is -0.165. The Bertz CT molecular complexity index is 774. The monoisotopic (exact) mass is 343 g/mol. The number of carbonyl (C=O) groups is 1. The van der Waals surface area contributed by atoms with Crippen molar-refractivity contribution in [1.29, 1.82) is 0 Å². The third kappa shape index (κ3) is 3.88. The van der Waals surface area contributed by atoms with Gasteiger partial charge in [0.2, 0.25) is 0 Å². The van der Waals surface area contributed by atoms with Gasteiger partial charge >= 0.3 is 6.18 Å². The molecule has 24 heavy (non-hydrogen) atoms. The van der Waals surface area contributed by atoms with E-state index in [0.717, 1.165) is 17.8 Å². The fourth-order valence-corrected chi connectivity index (χ4v) is 1.99. The number of halogens is 3. The molecule has 0 bridgehead atoms. The number of carbonyl (C=O) groups excluding carboxylic acids is 1. The van der Waals surface area contributed by atoms with Crippen molar-refractivity contribution in [2.45, 2.75) is 32.8 Å². The number of amides is 1. The van der Waals surface area contributed by atoms with Gasteiger partial charge in [-0.2, -0.15) is 23.4 Å². The summed E-state index contributed by atoms with van der Waals surface area (Å²) in [5.74, 6) is -0.681. The standard InChI is InChI=1S/C14H16F3N5O2/c1-9-12(7-19-22(9)10(2)14(15,16)17)13(23)20-11-4-5-21(8-24-3)18-6-11/h4-7,10H,8H2,1-3H3. The number of alkyl halides is 3. The maximum Gasteiger partial charge on any atom is 0.410 e. The van der Waals surface area contributed by atoms with Gasteiger partial charge in [0.1, 0.15) is 12.8 Å². The molecule has 10 heteroatoms. The number of aromatic nitrogens is 4. The number of methoxy groups -OCH3 is 1. The van der Waals surface area contributed by atoms with Gasteiger partial charge < -0.3 is 4.74 Å². The highest BCUT2D eigenvalue weighted by molar-refractivity contribution is 5.95. The van der Waals surface area contributed by atoms with Crippen molar-refractivity contribution < 1.29 is 22.7 Å². The van der Waals surface area contributed by atoms with E-state index in [1.165, 1.54) is 24.9 Å². The SMILES string of the molecule is COCn1ccc(=NC(=O)c2cnn(C(C)C(F)(F)F)c2C)cn1. The second-order valence-electron chi connectivity index (χ2n) is 5.07. The van der Waals surface area contributed by atoms with Crippen LogP contribution in [0.15, 0.2) is 29.6 Å². The van der Waals surface area contributed by atoms with E-state index < -0.39 is 18.1 Å². The van der Waals surface area contributed by atoms with Crippen LogP contribution in [0, 0.1) is 6.92 Å². The maximum absolute atomic E-state index is 12.8. The number of nitrogens with zero attached hydrogens (tertiary/aromatic N) is 5. The average Bonchev–Trinajstić information content (AvgIpc) is 2.89. The molecule has 0 aliphatic rings. The summed E-state index contributed by atoms with van der Waals surface area (Å²) < 4.78 is 45.5. The minimum absolute atomic E-state index is 0.0136. The first kappa shape index (κ1) is 17.9. The molecule has 0 saturated heterocycles. The molecule has 0 aliphatic heterocycles. The van der Waals surface area contributed by atoms with Gasteiger partial charge in [-0.15, -0.1) is 0 Å². The van der Waals surface area contributed by atoms with E-state index in [2.05, 4.69) is 15.2 Å². The van der Waals surface area contributed by atoms with E-state index in [4.69, 9.17) is 4.74 Å². The second-order valence-corrected chi connectivity index (χ2v) is 5.07. The van der Waals surface area contributed by atoms with Gasteiger partial charge in [-0.05, 0) is 19.9 Å². The zero-order valence-electron chi connectivity index (χ0n) is 13.3. The van der Waals surface area contributed by atoms with Crippen LogP contribution in [-0.4, -0.2) is 38.8 Å². The van der Waals surface area contributed by atoms with Gasteiger partial charge in [-0.25, -0.2) is 9.67 Å². The van der Waals surface area contributed by atoms with Gasteiger partial charge in [-0.3, -0.25) is 9.48 Å². The quantitative estimate of drug-likeness (QED) is 0.849. The Hall–Kier alpha value is -2.49. The van der Waals surface area contributed by atoms with Gasteiger partial charge in [-0.1, -0.05) is 0 Å². The first-order valence-electron chi connectivity index (χ1n) is 6.95. The molecule has 0 saturated carbocycles. The summed E-state index contributed by atoms with van der Waals surface area (Å²) in [4.78, 5) is 16.0. The smallest absolute Gasteiger partial charge is 0.362 e. The van der Waals surface area contributed by atoms with Crippen molar-refractivity contribution in [3.8, 4) is 0 Å². The molecule has 130 valence electrons. The zero-order chi connectivity index (χ0) is 17.9. The van der Waals surface area contributed by atoms with Crippen molar-refractivity contribution in [2.24, 2.45) is 4.99 Å². The molecule has 0 radical (unpaired) electrons. The molecule has 1 unspecified atom stereocenters. The molecule has 0 fully saturated rings. The third-order valence-electron chi connectivity index (χ3n) is 3.36. The Labute approximate surface area is 135 Å². The van der Waals surface area contributed by atoms with Crippen LogP contribution in [0.3, 0.4) is 0 Å². The third-order valence-corrected chi connectivity index (χ3v) is 3.36. The first-order chi connectivity index (χ1) is 11.2. The molecule has 2 rings (SSSR count). The predicted octanol–water partition coefficient (Wildman–Crippen LogP) is 1.86. The molecule has 0 N–H and O–H groups in total. The Morgan fingerprint density at radius 2 is 2.08 bits per heavy atom. The Morgan fingerprint density at radius 3 is 2.62 bits per heavy atom. The first-order valence-corrected chi connectivity index (χ1v) is 6.95. The summed E-state index contributed by atoms with van der Waals surface area (Å²) >= 11 is 0. The van der Waals surface area contributed by atoms with Crippen LogP contribution in [0.25, 0.3) is 0 Å². The fraction of sp³-hybridized carbons (Fsp3) is 0.429. The lowest BCUT2D eigenvalue weighted by atomic mass is 10.2. The average molecular weight is 343 g/mol. The van der Waals surface area contributed by atoms with Gasteiger partial charge in [0.25, 0.3) is 5.91 Å². The van der Waals surface area contributed by atoms with Gasteiger partial charge in [0.15, 0.2) is 0 Å². The van der Waals surface area contributed by atoms with Crippen LogP contribution in [-0.2, 0) is 11.5 Å². The molecular formula is C14H16F3N5O2. The highest BCUT2D eigenvalue weighted by atomic mass is 19.4. The Kier molecular flexibility index (Phi) is 5.17. The maximum atomic E-state index is 12.8. The van der Waals surface area contributed by atoms with E-state index in [1.807, 2.05) is 0 Å². The van der Waals surface area contributed by atoms with Crippen molar-refractivity contribution in [3.63, 3.8) is 0 Å². The molecule has 2 heterocycles. The second kappa shape index (κ2) is 6.95. The predicted molar refractivity (Wildman–Crippen MR) is 76.9 cm³/mol. The van der Waals surface area contributed by atoms with Crippen molar-refractivity contribution in [1.82, 2.24) is 19.6 Å². The van der Waals surface area contributed by atoms with Crippen LogP contribution in [0.4, 0.5) is 13.2 Å². The summed E-state index contributed by atoms with van der Waals surface area (Å²) in [6.07, 6.45) is -0.440. The van der Waals surface area contributed by atoms with E-state index in [0.29, 0.717) is 0 Å². The lowest BCUT2D eigenvalue weighted by Crippen LogP contribution is -2.25. The highest BCUT2D eigenvalue weighted by Crippen LogP contribution is 2.30. The van der Waals surface area contributed by atoms with E-state index in [-0.39, 0.29) is 23.3 Å². The summed E-state index contributed by atoms with van der Waals surface area (Å²) in [5, 5.41) is 7.92. The van der Waals surface area contributed by atoms with Gasteiger partial charge in [0, 0.05) is 19.0 Å². The van der Waals surface area contributed by atoms with Crippen LogP contribution >= 0.6 is 0 Å². The summed E-state index contributed by atoms with van der Waals surface area (Å²) in [7, 11) is 1.51. The van der Waals surface area contributed by atoms with Crippen LogP contribution in [0.5, 0.6) is 0 Å². The molecule has 7 nitrogen and oxygen atoms in total. The van der Waals surface area contributed by atoms with E-state index >= 15 is 0 Å². The number of hydrogen-bond donors (Lipinski definition) is 0. The molecule has 0 spiro atoms. The summed E-state index contributed by atoms with van der Waals surface area (Å²) in [6.45, 7) is 2.62. The highest BCUT2D eigenvalue weighted by Gasteiger charge is 2.39. The van der Waals surface area contributed by atoms with Crippen LogP contribution in [0.2, 0.25) is 0 Å². The van der Waals surface area contributed by atoms with Crippen molar-refractivity contribution in [2.75, 3.05) is 7.11 Å². The minimum Gasteiger partial charge on any atom is -0.362 e. The van der Waals surface area contributed by atoms with Crippen LogP contribution < -0.4 is 5.36 Å². The summed E-state index contributed by atoms with van der Waals surface area (Å²) in [5.41, 5.74) is 0.117. The van der Waals surface area contributed by atoms with Gasteiger partial charge in [0.05, 0.1) is 23.3 Å². The zero-order valence-corrected chi connectivity index (χ0v) is 13.3. The molecule has 0 aliphatic carbocycles. The number of rotatable bonds is 4. The van der Waals surface area contributed by atoms with E-state index in [1.54, 1.807) is 12.3 Å². The lowest BCUT2D eigenvalue weighted by Gasteiger charge is -2.17. The molecular weight excluding hydrogens is 327 g/mol. The fourth-order valence-electron chi connectivity index (χ4n) is 1.99. The normalized spacial score (nSPS) is 14.0. The van der Waals surface area contributed by atoms with Crippen molar-refractivity contribution >= 4 is 5.91 Å². The number of hydrogen-bond acceptors (Lipinski definition) is 4. The minimum atomic E-state index is -4.45. The van der Waals surface area contributed by atoms with E-state index in [9.17, 15) is 18.0 Å². The largest absolute Gasteiger partial charge is 0.410 e. The number of ether oxygens (including phenoxy) is 1. The summed E-state index contributed by atoms with van der Waals surface area (Å²) in [6, 6.07) is -0.285. The van der Waals surface area contributed by atoms with Crippen molar-refractivity contribution in [3.05, 3.63) is 41.3 Å². The molecule has 2 aromatic rings. The molecule has 1 amide bonds. The molecule has 1 atom stereocenters. The van der Waals surface area contributed by atoms with Crippen LogP contribution in [0.1, 0.15) is 29.0 Å².